The number of sulfonamides is 2. The molecule has 0 unspecified atom stereocenters. The minimum atomic E-state index is -5.03. The van der Waals surface area contributed by atoms with E-state index in [-0.39, 0.29) is 96.0 Å². The summed E-state index contributed by atoms with van der Waals surface area (Å²) in [5, 5.41) is 5.06. The molecule has 0 aliphatic carbocycles. The van der Waals surface area contributed by atoms with Crippen LogP contribution in [0.5, 0.6) is 0 Å². The molecule has 2 heterocycles. The Morgan fingerprint density at radius 1 is 0.541 bits per heavy atom. The molecule has 22 nitrogen and oxygen atoms in total. The topological polar surface area (TPSA) is 297 Å². The van der Waals surface area contributed by atoms with E-state index < -0.39 is 61.9 Å². The van der Waals surface area contributed by atoms with Crippen LogP contribution in [0.3, 0.4) is 0 Å². The van der Waals surface area contributed by atoms with E-state index in [4.69, 9.17) is 28.4 Å². The predicted molar refractivity (Wildman–Crippen MR) is 276 cm³/mol. The number of benzene rings is 4. The van der Waals surface area contributed by atoms with Gasteiger partial charge in [0.25, 0.3) is 32.1 Å². The average Bonchev–Trinajstić information content (AvgIpc) is 3.38. The number of hydrogen-bond donors (Lipinski definition) is 4. The van der Waals surface area contributed by atoms with Crippen LogP contribution in [0.25, 0.3) is 12.2 Å². The molecule has 0 radical (unpaired) electrons. The van der Waals surface area contributed by atoms with Gasteiger partial charge < -0.3 is 39.1 Å². The second kappa shape index (κ2) is 27.1. The SMILES string of the molecule is COCCOCCSc1ccc(C(=O)Nc2ccc(C=Cc3ccc(NC(=O)c4ccc(SCCOCCOC)c(S(=O)(=O)N5CCOCC5)c4)cc3S(=O)(=O)O)c(S(=O)(=O)O)c2)cc1S(=O)(=O)N1CCOCC1. The van der Waals surface area contributed by atoms with E-state index in [2.05, 4.69) is 10.6 Å². The minimum absolute atomic E-state index is 0.0858. The summed E-state index contributed by atoms with van der Waals surface area (Å²) >= 11 is 2.43. The summed E-state index contributed by atoms with van der Waals surface area (Å²) in [4.78, 5) is 26.4. The molecule has 74 heavy (non-hydrogen) atoms. The summed E-state index contributed by atoms with van der Waals surface area (Å²) < 4.78 is 161. The fourth-order valence-electron chi connectivity index (χ4n) is 7.23. The van der Waals surface area contributed by atoms with Crippen LogP contribution >= 0.6 is 23.5 Å². The minimum Gasteiger partial charge on any atom is -0.382 e. The number of anilines is 2. The molecule has 2 aliphatic heterocycles. The second-order valence-electron chi connectivity index (χ2n) is 16.0. The Morgan fingerprint density at radius 3 is 1.27 bits per heavy atom. The fraction of sp³-hybridized carbons (Fsp3) is 0.391. The summed E-state index contributed by atoms with van der Waals surface area (Å²) in [7, 11) is -15.2. The highest BCUT2D eigenvalue weighted by atomic mass is 32.2. The third-order valence-electron chi connectivity index (χ3n) is 11.0. The quantitative estimate of drug-likeness (QED) is 0.0293. The molecule has 4 aromatic carbocycles. The lowest BCUT2D eigenvalue weighted by Crippen LogP contribution is -2.40. The van der Waals surface area contributed by atoms with Gasteiger partial charge in [0.1, 0.15) is 9.79 Å². The molecule has 2 fully saturated rings. The highest BCUT2D eigenvalue weighted by molar-refractivity contribution is 8.00. The Kier molecular flexibility index (Phi) is 21.6. The van der Waals surface area contributed by atoms with E-state index in [1.807, 2.05) is 0 Å². The van der Waals surface area contributed by atoms with E-state index in [9.17, 15) is 52.4 Å². The first-order chi connectivity index (χ1) is 35.2. The number of thioether (sulfide) groups is 2. The smallest absolute Gasteiger partial charge is 0.295 e. The van der Waals surface area contributed by atoms with E-state index in [1.165, 1.54) is 107 Å². The highest BCUT2D eigenvalue weighted by Crippen LogP contribution is 2.34. The molecular formula is C46H56N4O18S6. The van der Waals surface area contributed by atoms with Gasteiger partial charge in [0.15, 0.2) is 0 Å². The standard InChI is InChI=1S/C46H56N4O18S6/c1-63-21-23-67-25-27-69-39-11-7-35(29-43(39)71(53,54)49-13-17-65-18-14-49)45(51)47-37-9-5-33(41(31-37)73(57,58)59)3-4-34-6-10-38(32-42(34)74(60,61)62)48-46(52)36-8-12-40(70-28-26-68-24-22-64-2)44(30-36)72(55,56)50-15-19-66-20-16-50/h3-12,29-32H,13-28H2,1-2H3,(H,47,51)(H,48,52)(H,57,58,59)(H,60,61,62). The van der Waals surface area contributed by atoms with Crippen molar-refractivity contribution in [2.75, 3.05) is 129 Å². The van der Waals surface area contributed by atoms with Gasteiger partial charge in [0.2, 0.25) is 20.0 Å². The lowest BCUT2D eigenvalue weighted by atomic mass is 10.1. The van der Waals surface area contributed by atoms with Crippen LogP contribution in [0.1, 0.15) is 31.8 Å². The summed E-state index contributed by atoms with van der Waals surface area (Å²) in [5.74, 6) is -0.859. The highest BCUT2D eigenvalue weighted by Gasteiger charge is 2.32. The van der Waals surface area contributed by atoms with Gasteiger partial charge in [-0.2, -0.15) is 25.4 Å². The average molecular weight is 1150 g/mol. The first-order valence-electron chi connectivity index (χ1n) is 22.6. The zero-order valence-corrected chi connectivity index (χ0v) is 45.1. The Bertz CT molecular complexity index is 2900. The van der Waals surface area contributed by atoms with Crippen molar-refractivity contribution in [3.63, 3.8) is 0 Å². The molecule has 404 valence electrons. The maximum absolute atomic E-state index is 13.9. The molecule has 4 aromatic rings. The largest absolute Gasteiger partial charge is 0.382 e. The van der Waals surface area contributed by atoms with Crippen molar-refractivity contribution in [2.24, 2.45) is 0 Å². The van der Waals surface area contributed by atoms with Gasteiger partial charge in [-0.1, -0.05) is 24.3 Å². The number of nitrogens with one attached hydrogen (secondary N) is 2. The lowest BCUT2D eigenvalue weighted by molar-refractivity contribution is 0.0729. The predicted octanol–water partition coefficient (Wildman–Crippen LogP) is 4.41. The molecule has 0 bridgehead atoms. The van der Waals surface area contributed by atoms with Crippen molar-refractivity contribution in [3.8, 4) is 0 Å². The van der Waals surface area contributed by atoms with Crippen molar-refractivity contribution in [1.29, 1.82) is 0 Å². The molecule has 4 N–H and O–H groups in total. The number of nitrogens with zero attached hydrogens (tertiary/aromatic N) is 2. The van der Waals surface area contributed by atoms with Gasteiger partial charge in [0.05, 0.1) is 75.9 Å². The van der Waals surface area contributed by atoms with Gasteiger partial charge in [0, 0.05) is 84.2 Å². The molecule has 6 rings (SSSR count). The van der Waals surface area contributed by atoms with E-state index >= 15 is 0 Å². The number of morpholine rings is 2. The van der Waals surface area contributed by atoms with Crippen molar-refractivity contribution in [3.05, 3.63) is 95.1 Å². The van der Waals surface area contributed by atoms with Gasteiger partial charge in [-0.3, -0.25) is 18.7 Å². The summed E-state index contributed by atoms with van der Waals surface area (Å²) in [5.41, 5.74) is -0.775. The monoisotopic (exact) mass is 1140 g/mol. The van der Waals surface area contributed by atoms with E-state index in [0.717, 1.165) is 24.3 Å². The van der Waals surface area contributed by atoms with Gasteiger partial charge in [-0.05, 0) is 71.8 Å². The van der Waals surface area contributed by atoms with Crippen molar-refractivity contribution in [1.82, 2.24) is 8.61 Å². The molecule has 2 saturated heterocycles. The normalized spacial score (nSPS) is 15.4. The van der Waals surface area contributed by atoms with Crippen LogP contribution in [0.2, 0.25) is 0 Å². The lowest BCUT2D eigenvalue weighted by Gasteiger charge is -2.27. The van der Waals surface area contributed by atoms with Crippen LogP contribution < -0.4 is 10.6 Å². The number of carbonyl (C=O) groups is 2. The maximum atomic E-state index is 13.9. The Balaban J connectivity index is 1.22. The van der Waals surface area contributed by atoms with E-state index in [1.54, 1.807) is 0 Å². The number of hydrogen-bond acceptors (Lipinski definition) is 18. The first kappa shape index (κ1) is 58.9. The second-order valence-corrected chi connectivity index (χ2v) is 24.8. The number of rotatable bonds is 26. The number of carbonyl (C=O) groups excluding carboxylic acids is 2. The van der Waals surface area contributed by atoms with Gasteiger partial charge in [-0.15, -0.1) is 23.5 Å². The van der Waals surface area contributed by atoms with Gasteiger partial charge >= 0.3 is 0 Å². The van der Waals surface area contributed by atoms with Gasteiger partial charge in [-0.25, -0.2) is 16.8 Å². The summed E-state index contributed by atoms with van der Waals surface area (Å²) in [6, 6.07) is 15.1. The number of ether oxygens (including phenoxy) is 6. The Labute approximate surface area is 439 Å². The van der Waals surface area contributed by atoms with Crippen molar-refractivity contribution in [2.45, 2.75) is 29.4 Å². The summed E-state index contributed by atoms with van der Waals surface area (Å²) in [6.07, 6.45) is 2.25. The third kappa shape index (κ3) is 16.1. The number of amides is 2. The molecule has 0 atom stereocenters. The molecular weight excluding hydrogens is 1090 g/mol. The zero-order chi connectivity index (χ0) is 53.5. The van der Waals surface area contributed by atoms with Crippen LogP contribution in [-0.2, 0) is 68.7 Å². The van der Waals surface area contributed by atoms with Crippen molar-refractivity contribution < 1.29 is 80.8 Å². The molecule has 2 aliphatic rings. The van der Waals surface area contributed by atoms with Crippen LogP contribution in [-0.4, -0.2) is 181 Å². The fourth-order valence-corrected chi connectivity index (χ4v) is 14.2. The first-order valence-corrected chi connectivity index (χ1v) is 30.3. The van der Waals surface area contributed by atoms with E-state index in [0.29, 0.717) is 60.9 Å². The zero-order valence-electron chi connectivity index (χ0n) is 40.2. The van der Waals surface area contributed by atoms with Crippen LogP contribution in [0.15, 0.2) is 102 Å². The van der Waals surface area contributed by atoms with Crippen LogP contribution in [0, 0.1) is 0 Å². The molecule has 2 amide bonds. The maximum Gasteiger partial charge on any atom is 0.295 e. The number of methoxy groups -OCH3 is 2. The van der Waals surface area contributed by atoms with Crippen molar-refractivity contribution >= 4 is 99.1 Å². The third-order valence-corrected chi connectivity index (χ3v) is 19.0. The molecule has 0 aromatic heterocycles. The molecule has 0 spiro atoms. The molecule has 28 heteroatoms. The molecule has 0 saturated carbocycles. The Morgan fingerprint density at radius 2 is 0.919 bits per heavy atom. The summed E-state index contributed by atoms with van der Waals surface area (Å²) in [6.45, 7) is 3.19. The van der Waals surface area contributed by atoms with Crippen LogP contribution in [0.4, 0.5) is 11.4 Å². The Hall–Kier alpha value is -4.34.